The van der Waals surface area contributed by atoms with E-state index in [0.29, 0.717) is 6.04 Å². The number of nitrogens with zero attached hydrogens (tertiary/aromatic N) is 2. The predicted molar refractivity (Wildman–Crippen MR) is 54.8 cm³/mol. The second-order valence-electron chi connectivity index (χ2n) is 4.19. The van der Waals surface area contributed by atoms with Crippen LogP contribution >= 0.6 is 0 Å². The van der Waals surface area contributed by atoms with E-state index in [1.165, 1.54) is 0 Å². The van der Waals surface area contributed by atoms with Gasteiger partial charge in [0.2, 0.25) is 0 Å². The van der Waals surface area contributed by atoms with E-state index in [4.69, 9.17) is 0 Å². The molecule has 2 atom stereocenters. The Morgan fingerprint density at radius 3 is 2.69 bits per heavy atom. The lowest BCUT2D eigenvalue weighted by atomic mass is 10.0. The van der Waals surface area contributed by atoms with Crippen molar-refractivity contribution in [2.24, 2.45) is 0 Å². The summed E-state index contributed by atoms with van der Waals surface area (Å²) in [5.74, 6) is 0. The van der Waals surface area contributed by atoms with Crippen LogP contribution in [0.15, 0.2) is 0 Å². The summed E-state index contributed by atoms with van der Waals surface area (Å²) in [7, 11) is 4.30. The maximum absolute atomic E-state index is 9.57. The maximum Gasteiger partial charge on any atom is 0.0553 e. The molecule has 1 saturated heterocycles. The second kappa shape index (κ2) is 4.94. The van der Waals surface area contributed by atoms with Crippen molar-refractivity contribution in [3.63, 3.8) is 0 Å². The molecule has 13 heavy (non-hydrogen) atoms. The van der Waals surface area contributed by atoms with E-state index in [0.717, 1.165) is 32.5 Å². The lowest BCUT2D eigenvalue weighted by Gasteiger charge is -2.38. The molecule has 0 aliphatic carbocycles. The molecule has 1 fully saturated rings. The molecule has 0 aromatic heterocycles. The molecule has 0 amide bonds. The minimum Gasteiger partial charge on any atom is -0.393 e. The summed E-state index contributed by atoms with van der Waals surface area (Å²) in [6.07, 6.45) is 1.66. The molecule has 1 heterocycles. The smallest absolute Gasteiger partial charge is 0.0553 e. The standard InChI is InChI=1S/C10H22N2O/c1-4-10(13)7-9-8-11(2)5-6-12(9)3/h9-10,13H,4-8H2,1-3H3. The molecule has 0 spiro atoms. The SMILES string of the molecule is CCC(O)CC1CN(C)CCN1C. The molecule has 0 aromatic rings. The van der Waals surface area contributed by atoms with E-state index in [-0.39, 0.29) is 6.10 Å². The second-order valence-corrected chi connectivity index (χ2v) is 4.19. The first kappa shape index (κ1) is 11.0. The van der Waals surface area contributed by atoms with Crippen molar-refractivity contribution in [1.82, 2.24) is 9.80 Å². The summed E-state index contributed by atoms with van der Waals surface area (Å²) in [5.41, 5.74) is 0. The van der Waals surface area contributed by atoms with Gasteiger partial charge >= 0.3 is 0 Å². The van der Waals surface area contributed by atoms with E-state index in [1.54, 1.807) is 0 Å². The molecule has 78 valence electrons. The average Bonchev–Trinajstić information content (AvgIpc) is 2.11. The summed E-state index contributed by atoms with van der Waals surface area (Å²) in [6.45, 7) is 5.40. The van der Waals surface area contributed by atoms with E-state index < -0.39 is 0 Å². The lowest BCUT2D eigenvalue weighted by molar-refractivity contribution is 0.0624. The Bertz CT molecular complexity index is 152. The largest absolute Gasteiger partial charge is 0.393 e. The lowest BCUT2D eigenvalue weighted by Crippen LogP contribution is -2.50. The minimum atomic E-state index is -0.126. The van der Waals surface area contributed by atoms with Gasteiger partial charge in [0.1, 0.15) is 0 Å². The van der Waals surface area contributed by atoms with Gasteiger partial charge in [0.25, 0.3) is 0 Å². The van der Waals surface area contributed by atoms with Gasteiger partial charge in [-0.05, 0) is 26.9 Å². The quantitative estimate of drug-likeness (QED) is 0.691. The van der Waals surface area contributed by atoms with Crippen molar-refractivity contribution in [1.29, 1.82) is 0 Å². The number of likely N-dealkylation sites (N-methyl/N-ethyl adjacent to an activating group) is 2. The van der Waals surface area contributed by atoms with Crippen LogP contribution in [0.25, 0.3) is 0 Å². The fraction of sp³-hybridized carbons (Fsp3) is 1.00. The highest BCUT2D eigenvalue weighted by Crippen LogP contribution is 2.12. The van der Waals surface area contributed by atoms with Crippen molar-refractivity contribution in [2.45, 2.75) is 31.9 Å². The fourth-order valence-electron chi connectivity index (χ4n) is 1.84. The number of piperazine rings is 1. The van der Waals surface area contributed by atoms with E-state index >= 15 is 0 Å². The zero-order valence-corrected chi connectivity index (χ0v) is 9.03. The van der Waals surface area contributed by atoms with Crippen LogP contribution in [0.2, 0.25) is 0 Å². The van der Waals surface area contributed by atoms with Crippen LogP contribution in [0.3, 0.4) is 0 Å². The highest BCUT2D eigenvalue weighted by Gasteiger charge is 2.23. The number of rotatable bonds is 3. The van der Waals surface area contributed by atoms with Gasteiger partial charge < -0.3 is 14.9 Å². The highest BCUT2D eigenvalue weighted by atomic mass is 16.3. The molecular weight excluding hydrogens is 164 g/mol. The summed E-state index contributed by atoms with van der Waals surface area (Å²) in [4.78, 5) is 4.70. The molecule has 0 saturated carbocycles. The van der Waals surface area contributed by atoms with Crippen LogP contribution in [0, 0.1) is 0 Å². The minimum absolute atomic E-state index is 0.126. The summed E-state index contributed by atoms with van der Waals surface area (Å²) < 4.78 is 0. The van der Waals surface area contributed by atoms with Gasteiger partial charge in [0.15, 0.2) is 0 Å². The van der Waals surface area contributed by atoms with Crippen LogP contribution in [-0.2, 0) is 0 Å². The van der Waals surface area contributed by atoms with E-state index in [9.17, 15) is 5.11 Å². The normalized spacial score (nSPS) is 29.1. The van der Waals surface area contributed by atoms with Gasteiger partial charge in [-0.25, -0.2) is 0 Å². The molecule has 0 radical (unpaired) electrons. The molecular formula is C10H22N2O. The van der Waals surface area contributed by atoms with Gasteiger partial charge in [0.05, 0.1) is 6.10 Å². The molecule has 2 unspecified atom stereocenters. The number of aliphatic hydroxyl groups is 1. The monoisotopic (exact) mass is 186 g/mol. The molecule has 3 heteroatoms. The van der Waals surface area contributed by atoms with Crippen LogP contribution in [0.1, 0.15) is 19.8 Å². The third-order valence-corrected chi connectivity index (χ3v) is 3.00. The Morgan fingerprint density at radius 1 is 1.38 bits per heavy atom. The predicted octanol–water partition coefficient (Wildman–Crippen LogP) is 0.393. The van der Waals surface area contributed by atoms with Crippen molar-refractivity contribution in [3.05, 3.63) is 0 Å². The molecule has 1 rings (SSSR count). The van der Waals surface area contributed by atoms with Crippen molar-refractivity contribution < 1.29 is 5.11 Å². The Morgan fingerprint density at radius 2 is 2.08 bits per heavy atom. The zero-order chi connectivity index (χ0) is 9.84. The molecule has 0 bridgehead atoms. The molecule has 3 nitrogen and oxygen atoms in total. The molecule has 1 aliphatic heterocycles. The fourth-order valence-corrected chi connectivity index (χ4v) is 1.84. The molecule has 0 aromatic carbocycles. The summed E-state index contributed by atoms with van der Waals surface area (Å²) in [6, 6.07) is 0.536. The topological polar surface area (TPSA) is 26.7 Å². The Kier molecular flexibility index (Phi) is 4.16. The summed E-state index contributed by atoms with van der Waals surface area (Å²) in [5, 5.41) is 9.57. The van der Waals surface area contributed by atoms with Crippen molar-refractivity contribution in [3.8, 4) is 0 Å². The maximum atomic E-state index is 9.57. The van der Waals surface area contributed by atoms with Gasteiger partial charge in [-0.1, -0.05) is 6.92 Å². The Balaban J connectivity index is 2.37. The highest BCUT2D eigenvalue weighted by molar-refractivity contribution is 4.80. The third kappa shape index (κ3) is 3.25. The molecule has 1 N–H and O–H groups in total. The third-order valence-electron chi connectivity index (χ3n) is 3.00. The van der Waals surface area contributed by atoms with Crippen LogP contribution in [-0.4, -0.2) is 60.8 Å². The summed E-state index contributed by atoms with van der Waals surface area (Å²) >= 11 is 0. The van der Waals surface area contributed by atoms with Crippen LogP contribution in [0.4, 0.5) is 0 Å². The number of hydrogen-bond donors (Lipinski definition) is 1. The first-order chi connectivity index (χ1) is 6.13. The average molecular weight is 186 g/mol. The van der Waals surface area contributed by atoms with Gasteiger partial charge in [-0.15, -0.1) is 0 Å². The van der Waals surface area contributed by atoms with Gasteiger partial charge in [-0.2, -0.15) is 0 Å². The Labute approximate surface area is 81.3 Å². The number of aliphatic hydroxyl groups excluding tert-OH is 1. The first-order valence-electron chi connectivity index (χ1n) is 5.20. The zero-order valence-electron chi connectivity index (χ0n) is 9.03. The molecule has 1 aliphatic rings. The van der Waals surface area contributed by atoms with E-state index in [1.807, 2.05) is 6.92 Å². The van der Waals surface area contributed by atoms with Crippen molar-refractivity contribution in [2.75, 3.05) is 33.7 Å². The number of hydrogen-bond acceptors (Lipinski definition) is 3. The Hall–Kier alpha value is -0.120. The first-order valence-corrected chi connectivity index (χ1v) is 5.20. The van der Waals surface area contributed by atoms with Crippen LogP contribution in [0.5, 0.6) is 0 Å². The van der Waals surface area contributed by atoms with Crippen molar-refractivity contribution >= 4 is 0 Å². The van der Waals surface area contributed by atoms with E-state index in [2.05, 4.69) is 23.9 Å². The van der Waals surface area contributed by atoms with Gasteiger partial charge in [-0.3, -0.25) is 0 Å². The van der Waals surface area contributed by atoms with Crippen LogP contribution < -0.4 is 0 Å². The van der Waals surface area contributed by atoms with Gasteiger partial charge in [0, 0.05) is 25.7 Å².